The van der Waals surface area contributed by atoms with Crippen LogP contribution in [-0.2, 0) is 19.1 Å². The molecule has 2 amide bonds. The molecule has 7 heteroatoms. The van der Waals surface area contributed by atoms with E-state index in [4.69, 9.17) is 4.74 Å². The number of ether oxygens (including phenoxy) is 1. The van der Waals surface area contributed by atoms with E-state index in [1.165, 1.54) is 0 Å². The van der Waals surface area contributed by atoms with Crippen LogP contribution in [0.2, 0.25) is 0 Å². The second-order valence-corrected chi connectivity index (χ2v) is 7.88. The monoisotopic (exact) mass is 394 g/mol. The number of nitrogens with zero attached hydrogens (tertiary/aromatic N) is 1. The smallest absolute Gasteiger partial charge is 0.310 e. The number of aliphatic hydroxyl groups excluding tert-OH is 1. The predicted octanol–water partition coefficient (Wildman–Crippen LogP) is 1.50. The van der Waals surface area contributed by atoms with E-state index in [1.807, 2.05) is 26.0 Å². The summed E-state index contributed by atoms with van der Waals surface area (Å²) in [6, 6.07) is -0.650. The number of allylic oxidation sites excluding steroid dienone is 1. The van der Waals surface area contributed by atoms with Crippen molar-refractivity contribution >= 4 is 17.8 Å². The van der Waals surface area contributed by atoms with Crippen molar-refractivity contribution in [2.45, 2.75) is 59.0 Å². The topological polar surface area (TPSA) is 95.9 Å². The maximum atomic E-state index is 13.3. The number of likely N-dealkylation sites (tertiary alicyclic amines) is 1. The van der Waals surface area contributed by atoms with E-state index in [9.17, 15) is 19.5 Å². The lowest BCUT2D eigenvalue weighted by Crippen LogP contribution is -2.49. The summed E-state index contributed by atoms with van der Waals surface area (Å²) in [5.41, 5.74) is 0. The fraction of sp³-hybridized carbons (Fsp3) is 0.762. The van der Waals surface area contributed by atoms with Crippen LogP contribution in [0.25, 0.3) is 0 Å². The molecule has 0 spiro atoms. The Morgan fingerprint density at radius 3 is 2.64 bits per heavy atom. The maximum Gasteiger partial charge on any atom is 0.310 e. The van der Waals surface area contributed by atoms with Crippen molar-refractivity contribution < 1.29 is 24.2 Å². The zero-order valence-corrected chi connectivity index (χ0v) is 17.4. The highest BCUT2D eigenvalue weighted by atomic mass is 16.5. The molecule has 28 heavy (non-hydrogen) atoms. The average molecular weight is 395 g/mol. The Morgan fingerprint density at radius 1 is 1.32 bits per heavy atom. The van der Waals surface area contributed by atoms with Crippen molar-refractivity contribution in [2.24, 2.45) is 23.7 Å². The molecule has 0 aromatic heterocycles. The van der Waals surface area contributed by atoms with Crippen molar-refractivity contribution in [3.05, 3.63) is 12.2 Å². The Bertz CT molecular complexity index is 606. The molecule has 158 valence electrons. The Morgan fingerprint density at radius 2 is 2.04 bits per heavy atom. The van der Waals surface area contributed by atoms with Crippen LogP contribution in [0, 0.1) is 23.7 Å². The van der Waals surface area contributed by atoms with Gasteiger partial charge in [0.05, 0.1) is 18.4 Å². The van der Waals surface area contributed by atoms with Crippen molar-refractivity contribution in [2.75, 3.05) is 19.8 Å². The summed E-state index contributed by atoms with van der Waals surface area (Å²) < 4.78 is 5.23. The third-order valence-corrected chi connectivity index (χ3v) is 5.77. The molecule has 1 aliphatic carbocycles. The summed E-state index contributed by atoms with van der Waals surface area (Å²) in [6.45, 7) is 8.14. The molecule has 1 aliphatic heterocycles. The van der Waals surface area contributed by atoms with Gasteiger partial charge in [0.2, 0.25) is 11.8 Å². The van der Waals surface area contributed by atoms with Crippen LogP contribution in [0.1, 0.15) is 47.0 Å². The molecule has 1 saturated heterocycles. The number of carbonyl (C=O) groups excluding carboxylic acids is 3. The molecule has 2 aliphatic rings. The van der Waals surface area contributed by atoms with E-state index >= 15 is 0 Å². The van der Waals surface area contributed by atoms with Crippen LogP contribution in [0.3, 0.4) is 0 Å². The molecule has 0 radical (unpaired) electrons. The Labute approximate surface area is 167 Å². The molecule has 1 fully saturated rings. The number of carbonyl (C=O) groups is 3. The molecule has 1 heterocycles. The lowest BCUT2D eigenvalue weighted by molar-refractivity contribution is -0.155. The Hall–Kier alpha value is -1.89. The summed E-state index contributed by atoms with van der Waals surface area (Å²) in [6.07, 6.45) is 6.03. The normalized spacial score (nSPS) is 30.1. The quantitative estimate of drug-likeness (QED) is 0.456. The minimum atomic E-state index is -0.663. The maximum absolute atomic E-state index is 13.3. The predicted molar refractivity (Wildman–Crippen MR) is 105 cm³/mol. The first-order valence-corrected chi connectivity index (χ1v) is 10.4. The van der Waals surface area contributed by atoms with Gasteiger partial charge >= 0.3 is 5.97 Å². The van der Waals surface area contributed by atoms with E-state index in [0.717, 1.165) is 12.8 Å². The van der Waals surface area contributed by atoms with Crippen molar-refractivity contribution in [3.8, 4) is 0 Å². The summed E-state index contributed by atoms with van der Waals surface area (Å²) in [4.78, 5) is 40.5. The first kappa shape index (κ1) is 22.4. The van der Waals surface area contributed by atoms with E-state index < -0.39 is 17.9 Å². The van der Waals surface area contributed by atoms with Gasteiger partial charge in [-0.25, -0.2) is 0 Å². The van der Waals surface area contributed by atoms with Crippen LogP contribution >= 0.6 is 0 Å². The number of amides is 2. The Kier molecular flexibility index (Phi) is 8.04. The Balaban J connectivity index is 2.34. The molecule has 6 atom stereocenters. The van der Waals surface area contributed by atoms with Crippen LogP contribution in [0.15, 0.2) is 12.2 Å². The molecule has 0 bridgehead atoms. The average Bonchev–Trinajstić information content (AvgIpc) is 2.92. The molecule has 7 nitrogen and oxygen atoms in total. The van der Waals surface area contributed by atoms with E-state index in [-0.39, 0.29) is 48.9 Å². The third kappa shape index (κ3) is 4.57. The SMILES string of the molecule is CCCC(C)NC(=O)[C@@H]1[C@H]2C=C[C@@H](C)[C@@H](C(=O)OCC)[C@@H]2C(=O)N1CCCO. The summed E-state index contributed by atoms with van der Waals surface area (Å²) in [5, 5.41) is 12.3. The number of fused-ring (bicyclic) bond motifs is 1. The highest BCUT2D eigenvalue weighted by molar-refractivity contribution is 5.96. The van der Waals surface area contributed by atoms with Gasteiger partial charge in [0.15, 0.2) is 0 Å². The standard InChI is InChI=1S/C21H34N2O5/c1-5-8-14(4)22-19(25)18-15-10-9-13(3)16(21(27)28-6-2)17(15)20(26)23(18)11-7-12-24/h9-10,13-18,24H,5-8,11-12H2,1-4H3,(H,22,25)/t13-,14?,15+,16-,17-,18+/m1/s1. The van der Waals surface area contributed by atoms with E-state index in [2.05, 4.69) is 12.2 Å². The lowest BCUT2D eigenvalue weighted by Gasteiger charge is -2.32. The molecular weight excluding hydrogens is 360 g/mol. The van der Waals surface area contributed by atoms with Gasteiger partial charge < -0.3 is 20.1 Å². The van der Waals surface area contributed by atoms with Gasteiger partial charge in [-0.1, -0.05) is 32.4 Å². The van der Waals surface area contributed by atoms with Gasteiger partial charge in [0.1, 0.15) is 6.04 Å². The van der Waals surface area contributed by atoms with Gasteiger partial charge in [-0.3, -0.25) is 14.4 Å². The highest BCUT2D eigenvalue weighted by Gasteiger charge is 2.56. The molecular formula is C21H34N2O5. The van der Waals surface area contributed by atoms with Crippen LogP contribution < -0.4 is 5.32 Å². The number of hydrogen-bond acceptors (Lipinski definition) is 5. The molecule has 2 N–H and O–H groups in total. The van der Waals surface area contributed by atoms with E-state index in [1.54, 1.807) is 11.8 Å². The molecule has 0 saturated carbocycles. The molecule has 0 aromatic rings. The number of nitrogens with one attached hydrogen (secondary N) is 1. The van der Waals surface area contributed by atoms with Gasteiger partial charge in [0.25, 0.3) is 0 Å². The second-order valence-electron chi connectivity index (χ2n) is 7.88. The zero-order valence-electron chi connectivity index (χ0n) is 17.4. The van der Waals surface area contributed by atoms with Crippen molar-refractivity contribution in [1.29, 1.82) is 0 Å². The van der Waals surface area contributed by atoms with Crippen LogP contribution in [-0.4, -0.2) is 59.6 Å². The van der Waals surface area contributed by atoms with Gasteiger partial charge in [0, 0.05) is 25.1 Å². The minimum Gasteiger partial charge on any atom is -0.466 e. The van der Waals surface area contributed by atoms with Crippen LogP contribution in [0.4, 0.5) is 0 Å². The fourth-order valence-corrected chi connectivity index (χ4v) is 4.51. The first-order valence-electron chi connectivity index (χ1n) is 10.4. The zero-order chi connectivity index (χ0) is 20.8. The minimum absolute atomic E-state index is 0.0127. The number of rotatable bonds is 9. The summed E-state index contributed by atoms with van der Waals surface area (Å²) >= 11 is 0. The van der Waals surface area contributed by atoms with Crippen molar-refractivity contribution in [3.63, 3.8) is 0 Å². The van der Waals surface area contributed by atoms with Gasteiger partial charge in [-0.2, -0.15) is 0 Å². The number of hydrogen-bond donors (Lipinski definition) is 2. The fourth-order valence-electron chi connectivity index (χ4n) is 4.51. The summed E-state index contributed by atoms with van der Waals surface area (Å²) in [5.74, 6) is -2.47. The summed E-state index contributed by atoms with van der Waals surface area (Å²) in [7, 11) is 0. The largest absolute Gasteiger partial charge is 0.466 e. The first-order chi connectivity index (χ1) is 13.4. The van der Waals surface area contributed by atoms with E-state index in [0.29, 0.717) is 13.0 Å². The molecule has 1 unspecified atom stereocenters. The molecule has 0 aromatic carbocycles. The van der Waals surface area contributed by atoms with Crippen LogP contribution in [0.5, 0.6) is 0 Å². The molecule has 2 rings (SSSR count). The van der Waals surface area contributed by atoms with Gasteiger partial charge in [-0.15, -0.1) is 0 Å². The third-order valence-electron chi connectivity index (χ3n) is 5.77. The number of esters is 1. The van der Waals surface area contributed by atoms with Gasteiger partial charge in [-0.05, 0) is 32.6 Å². The second kappa shape index (κ2) is 10.0. The number of aliphatic hydroxyl groups is 1. The van der Waals surface area contributed by atoms with Crippen molar-refractivity contribution in [1.82, 2.24) is 10.2 Å². The lowest BCUT2D eigenvalue weighted by atomic mass is 9.70. The highest BCUT2D eigenvalue weighted by Crippen LogP contribution is 2.44.